The highest BCUT2D eigenvalue weighted by atomic mass is 35.5. The van der Waals surface area contributed by atoms with E-state index < -0.39 is 20.4 Å². The fraction of sp³-hybridized carbons (Fsp3) is 0.200. The van der Waals surface area contributed by atoms with Gasteiger partial charge in [0.25, 0.3) is 0 Å². The second-order valence-electron chi connectivity index (χ2n) is 4.87. The van der Waals surface area contributed by atoms with Gasteiger partial charge in [0.2, 0.25) is 5.75 Å². The molecule has 0 aliphatic carbocycles. The van der Waals surface area contributed by atoms with Crippen molar-refractivity contribution in [2.45, 2.75) is 18.2 Å². The number of hydrogen-bond donors (Lipinski definition) is 0. The topological polar surface area (TPSA) is 86.5 Å². The molecule has 2 aromatic rings. The number of nitro groups is 1. The molecule has 8 heteroatoms. The zero-order valence-electron chi connectivity index (χ0n) is 12.4. The Morgan fingerprint density at radius 3 is 2.48 bits per heavy atom. The largest absolute Gasteiger partial charge is 0.450 e. The average Bonchev–Trinajstić information content (AvgIpc) is 2.48. The van der Waals surface area contributed by atoms with Crippen LogP contribution in [0.15, 0.2) is 41.3 Å². The molecule has 0 aromatic heterocycles. The van der Waals surface area contributed by atoms with Crippen LogP contribution >= 0.6 is 11.6 Å². The lowest BCUT2D eigenvalue weighted by Crippen LogP contribution is -2.00. The predicted molar refractivity (Wildman–Crippen MR) is 87.1 cm³/mol. The maximum absolute atomic E-state index is 11.5. The normalized spacial score (nSPS) is 11.3. The van der Waals surface area contributed by atoms with Crippen LogP contribution in [0.5, 0.6) is 11.5 Å². The summed E-state index contributed by atoms with van der Waals surface area (Å²) in [6, 6.07) is 8.46. The third-order valence-electron chi connectivity index (χ3n) is 3.18. The molecule has 2 rings (SSSR count). The Morgan fingerprint density at radius 1 is 1.22 bits per heavy atom. The first-order chi connectivity index (χ1) is 10.7. The third kappa shape index (κ3) is 4.00. The van der Waals surface area contributed by atoms with Crippen molar-refractivity contribution in [1.29, 1.82) is 0 Å². The molecule has 0 atom stereocenters. The summed E-state index contributed by atoms with van der Waals surface area (Å²) in [5.41, 5.74) is 0.431. The lowest BCUT2D eigenvalue weighted by atomic mass is 10.1. The van der Waals surface area contributed by atoms with Crippen LogP contribution in [0.1, 0.15) is 12.5 Å². The van der Waals surface area contributed by atoms with Gasteiger partial charge < -0.3 is 4.74 Å². The highest BCUT2D eigenvalue weighted by molar-refractivity contribution is 7.90. The van der Waals surface area contributed by atoms with Crippen molar-refractivity contribution in [2.24, 2.45) is 0 Å². The van der Waals surface area contributed by atoms with Gasteiger partial charge in [0, 0.05) is 17.3 Å². The molecule has 0 heterocycles. The van der Waals surface area contributed by atoms with Crippen LogP contribution in [0.3, 0.4) is 0 Å². The van der Waals surface area contributed by atoms with Crippen LogP contribution in [-0.2, 0) is 16.3 Å². The van der Waals surface area contributed by atoms with Gasteiger partial charge in [-0.15, -0.1) is 0 Å². The number of benzene rings is 2. The Bertz CT molecular complexity index is 864. The van der Waals surface area contributed by atoms with Crippen LogP contribution in [0.2, 0.25) is 5.02 Å². The highest BCUT2D eigenvalue weighted by Gasteiger charge is 2.20. The van der Waals surface area contributed by atoms with Crippen LogP contribution in [-0.4, -0.2) is 19.6 Å². The number of nitrogens with zero attached hydrogens (tertiary/aromatic N) is 1. The number of hydrogen-bond acceptors (Lipinski definition) is 5. The molecule has 23 heavy (non-hydrogen) atoms. The van der Waals surface area contributed by atoms with Crippen LogP contribution in [0, 0.1) is 10.1 Å². The first-order valence-electron chi connectivity index (χ1n) is 6.67. The molecule has 0 saturated heterocycles. The van der Waals surface area contributed by atoms with E-state index in [1.54, 1.807) is 18.2 Å². The second kappa shape index (κ2) is 6.55. The summed E-state index contributed by atoms with van der Waals surface area (Å²) in [6.07, 6.45) is 1.67. The van der Waals surface area contributed by atoms with Gasteiger partial charge in [-0.1, -0.05) is 18.5 Å². The number of halogens is 1. The number of ether oxygens (including phenoxy) is 1. The lowest BCUT2D eigenvalue weighted by molar-refractivity contribution is -0.385. The van der Waals surface area contributed by atoms with Crippen molar-refractivity contribution >= 4 is 27.1 Å². The van der Waals surface area contributed by atoms with E-state index in [1.165, 1.54) is 12.1 Å². The molecular formula is C15H14ClNO5S. The predicted octanol–water partition coefficient (Wildman–Crippen LogP) is 4.01. The Labute approximate surface area is 138 Å². The number of rotatable bonds is 5. The minimum Gasteiger partial charge on any atom is -0.450 e. The van der Waals surface area contributed by atoms with E-state index in [4.69, 9.17) is 16.3 Å². The molecule has 0 bridgehead atoms. The van der Waals surface area contributed by atoms with Gasteiger partial charge in [-0.05, 0) is 42.3 Å². The minimum absolute atomic E-state index is 0.0354. The van der Waals surface area contributed by atoms with Gasteiger partial charge in [-0.2, -0.15) is 0 Å². The summed E-state index contributed by atoms with van der Waals surface area (Å²) in [4.78, 5) is 10.4. The molecule has 0 unspecified atom stereocenters. The van der Waals surface area contributed by atoms with Crippen molar-refractivity contribution in [3.63, 3.8) is 0 Å². The zero-order chi connectivity index (χ0) is 17.2. The second-order valence-corrected chi connectivity index (χ2v) is 7.29. The molecule has 0 fully saturated rings. The molecule has 0 amide bonds. The Hall–Kier alpha value is -2.12. The zero-order valence-corrected chi connectivity index (χ0v) is 14.0. The summed E-state index contributed by atoms with van der Waals surface area (Å²) in [5.74, 6) is 0.355. The summed E-state index contributed by atoms with van der Waals surface area (Å²) in [6.45, 7) is 1.92. The van der Waals surface area contributed by atoms with Crippen molar-refractivity contribution in [2.75, 3.05) is 6.26 Å². The molecule has 0 N–H and O–H groups in total. The van der Waals surface area contributed by atoms with Crippen LogP contribution in [0.25, 0.3) is 0 Å². The number of aryl methyl sites for hydroxylation is 1. The summed E-state index contributed by atoms with van der Waals surface area (Å²) < 4.78 is 28.6. The fourth-order valence-electron chi connectivity index (χ4n) is 1.97. The Kier molecular flexibility index (Phi) is 4.91. The van der Waals surface area contributed by atoms with Crippen molar-refractivity contribution in [3.05, 3.63) is 57.1 Å². The number of nitro benzene ring substituents is 1. The minimum atomic E-state index is -3.54. The van der Waals surface area contributed by atoms with Gasteiger partial charge in [0.15, 0.2) is 9.84 Å². The average molecular weight is 356 g/mol. The summed E-state index contributed by atoms with van der Waals surface area (Å²) in [5, 5.41) is 11.8. The molecule has 0 saturated carbocycles. The smallest absolute Gasteiger partial charge is 0.312 e. The molecule has 122 valence electrons. The van der Waals surface area contributed by atoms with Gasteiger partial charge in [-0.25, -0.2) is 8.42 Å². The van der Waals surface area contributed by atoms with Gasteiger partial charge in [0.05, 0.1) is 9.82 Å². The summed E-state index contributed by atoms with van der Waals surface area (Å²) >= 11 is 6.02. The first kappa shape index (κ1) is 17.2. The van der Waals surface area contributed by atoms with E-state index in [2.05, 4.69) is 0 Å². The maximum Gasteiger partial charge on any atom is 0.312 e. The standard InChI is InChI=1S/C15H14ClNO5S/c1-3-10-8-11(4-6-13(10)16)22-15-7-5-12(23(2,20)21)9-14(15)17(18)19/h4-9H,3H2,1-2H3. The fourth-order valence-corrected chi connectivity index (χ4v) is 2.86. The third-order valence-corrected chi connectivity index (χ3v) is 4.66. The lowest BCUT2D eigenvalue weighted by Gasteiger charge is -2.09. The van der Waals surface area contributed by atoms with Crippen molar-refractivity contribution in [1.82, 2.24) is 0 Å². The number of sulfone groups is 1. The monoisotopic (exact) mass is 355 g/mol. The van der Waals surface area contributed by atoms with Crippen LogP contribution < -0.4 is 4.74 Å². The Morgan fingerprint density at radius 2 is 1.91 bits per heavy atom. The molecule has 0 aliphatic heterocycles. The Balaban J connectivity index is 2.46. The van der Waals surface area contributed by atoms with Crippen LogP contribution in [0.4, 0.5) is 5.69 Å². The molecule has 0 spiro atoms. The summed E-state index contributed by atoms with van der Waals surface area (Å²) in [7, 11) is -3.54. The highest BCUT2D eigenvalue weighted by Crippen LogP contribution is 2.34. The van der Waals surface area contributed by atoms with Gasteiger partial charge in [-0.3, -0.25) is 10.1 Å². The molecule has 2 aromatic carbocycles. The van der Waals surface area contributed by atoms with E-state index in [9.17, 15) is 18.5 Å². The quantitative estimate of drug-likeness (QED) is 0.597. The SMILES string of the molecule is CCc1cc(Oc2ccc(S(C)(=O)=O)cc2[N+](=O)[O-])ccc1Cl. The van der Waals surface area contributed by atoms with Crippen molar-refractivity contribution in [3.8, 4) is 11.5 Å². The first-order valence-corrected chi connectivity index (χ1v) is 8.94. The molecular weight excluding hydrogens is 342 g/mol. The maximum atomic E-state index is 11.5. The van der Waals surface area contributed by atoms with E-state index in [0.717, 1.165) is 17.9 Å². The van der Waals surface area contributed by atoms with E-state index in [-0.39, 0.29) is 10.6 Å². The van der Waals surface area contributed by atoms with Crippen molar-refractivity contribution < 1.29 is 18.1 Å². The molecule has 0 aliphatic rings. The van der Waals surface area contributed by atoms with E-state index in [1.807, 2.05) is 6.92 Å². The van der Waals surface area contributed by atoms with E-state index in [0.29, 0.717) is 17.2 Å². The van der Waals surface area contributed by atoms with Gasteiger partial charge >= 0.3 is 5.69 Å². The van der Waals surface area contributed by atoms with Gasteiger partial charge in [0.1, 0.15) is 5.75 Å². The van der Waals surface area contributed by atoms with E-state index >= 15 is 0 Å². The molecule has 0 radical (unpaired) electrons. The molecule has 6 nitrogen and oxygen atoms in total.